The molecule has 12 rings (SSSR count). The van der Waals surface area contributed by atoms with Crippen molar-refractivity contribution in [3.05, 3.63) is 217 Å². The van der Waals surface area contributed by atoms with E-state index in [0.717, 1.165) is 0 Å². The van der Waals surface area contributed by atoms with Crippen molar-refractivity contribution in [1.29, 1.82) is 0 Å². The molecule has 0 atom stereocenters. The van der Waals surface area contributed by atoms with Crippen LogP contribution in [-0.2, 0) is 5.41 Å². The lowest BCUT2D eigenvalue weighted by Gasteiger charge is -2.42. The third-order valence-corrected chi connectivity index (χ3v) is 19.8. The smallest absolute Gasteiger partial charge is 0.249 e. The van der Waals surface area contributed by atoms with E-state index >= 15 is 0 Å². The highest BCUT2D eigenvalue weighted by atomic mass is 32.2. The van der Waals surface area contributed by atoms with Crippen LogP contribution in [0, 0.1) is 6.92 Å². The minimum Gasteiger partial charge on any atom is -0.311 e. The van der Waals surface area contributed by atoms with Crippen LogP contribution < -0.4 is 42.0 Å². The molecule has 3 aliphatic heterocycles. The summed E-state index contributed by atoms with van der Waals surface area (Å²) in [5, 5.41) is 5.78. The van der Waals surface area contributed by atoms with Crippen molar-refractivity contribution < 1.29 is 0 Å². The van der Waals surface area contributed by atoms with Crippen LogP contribution in [0.5, 0.6) is 0 Å². The maximum atomic E-state index is 2.69. The molecular weight excluding hydrogens is 794 g/mol. The number of hydrogen-bond donors (Lipinski definition) is 0. The van der Waals surface area contributed by atoms with Gasteiger partial charge in [0.15, 0.2) is 8.07 Å². The molecule has 4 heteroatoms. The van der Waals surface area contributed by atoms with Gasteiger partial charge in [0.05, 0.1) is 5.69 Å². The summed E-state index contributed by atoms with van der Waals surface area (Å²) in [5.41, 5.74) is 18.2. The quantitative estimate of drug-likeness (QED) is 0.159. The molecule has 0 aliphatic carbocycles. The van der Waals surface area contributed by atoms with E-state index in [4.69, 9.17) is 0 Å². The molecule has 9 aromatic rings. The van der Waals surface area contributed by atoms with Crippen LogP contribution in [0.2, 0.25) is 0 Å². The van der Waals surface area contributed by atoms with Gasteiger partial charge in [0.2, 0.25) is 6.71 Å². The average molecular weight is 840 g/mol. The molecule has 9 aromatic carbocycles. The lowest BCUT2D eigenvalue weighted by Crippen LogP contribution is -2.73. The Balaban J connectivity index is 1.21. The van der Waals surface area contributed by atoms with E-state index in [0.29, 0.717) is 0 Å². The molecule has 1 nitrogen and oxygen atoms in total. The maximum Gasteiger partial charge on any atom is 0.249 e. The molecular formula is C59H46BNSSi. The van der Waals surface area contributed by atoms with Gasteiger partial charge < -0.3 is 4.90 Å². The predicted molar refractivity (Wildman–Crippen MR) is 273 cm³/mol. The Morgan fingerprint density at radius 3 is 1.76 bits per heavy atom. The Morgan fingerprint density at radius 1 is 0.444 bits per heavy atom. The summed E-state index contributed by atoms with van der Waals surface area (Å²) >= 11 is 1.94. The van der Waals surface area contributed by atoms with Crippen molar-refractivity contribution in [3.63, 3.8) is 0 Å². The third kappa shape index (κ3) is 5.85. The largest absolute Gasteiger partial charge is 0.311 e. The van der Waals surface area contributed by atoms with Crippen molar-refractivity contribution in [2.24, 2.45) is 0 Å². The molecule has 3 heterocycles. The molecule has 0 amide bonds. The fraction of sp³-hybridized carbons (Fsp3) is 0.0847. The van der Waals surface area contributed by atoms with E-state index in [1.807, 2.05) is 11.8 Å². The van der Waals surface area contributed by atoms with Gasteiger partial charge in [0.1, 0.15) is 0 Å². The number of hydrogen-bond acceptors (Lipinski definition) is 2. The normalized spacial score (nSPS) is 14.0. The van der Waals surface area contributed by atoms with Gasteiger partial charge in [-0.05, 0) is 119 Å². The van der Waals surface area contributed by atoms with Crippen molar-refractivity contribution in [2.75, 3.05) is 4.90 Å². The molecule has 63 heavy (non-hydrogen) atoms. The van der Waals surface area contributed by atoms with E-state index in [1.54, 1.807) is 0 Å². The number of anilines is 3. The fourth-order valence-electron chi connectivity index (χ4n) is 10.9. The van der Waals surface area contributed by atoms with Crippen LogP contribution in [0.25, 0.3) is 33.4 Å². The van der Waals surface area contributed by atoms with Crippen molar-refractivity contribution in [3.8, 4) is 33.4 Å². The molecule has 0 aromatic heterocycles. The van der Waals surface area contributed by atoms with Crippen LogP contribution in [0.4, 0.5) is 17.1 Å². The highest BCUT2D eigenvalue weighted by Gasteiger charge is 2.51. The first-order valence-electron chi connectivity index (χ1n) is 22.2. The monoisotopic (exact) mass is 839 g/mol. The predicted octanol–water partition coefficient (Wildman–Crippen LogP) is 10.7. The SMILES string of the molecule is Cc1cc2c3c(c1)N(c1ccc(C(C)(C)C)cc1-c1ccccc1)c1cc4c(cc1B3c1ccc(-c3ccccc3)cc1S2)[Si](c1ccccc1)(c1ccccc1)c1ccccc1-4. The van der Waals surface area contributed by atoms with Crippen molar-refractivity contribution >= 4 is 80.7 Å². The van der Waals surface area contributed by atoms with E-state index in [-0.39, 0.29) is 12.1 Å². The highest BCUT2D eigenvalue weighted by Crippen LogP contribution is 2.47. The third-order valence-electron chi connectivity index (χ3n) is 13.8. The lowest BCUT2D eigenvalue weighted by atomic mass is 9.34. The van der Waals surface area contributed by atoms with Crippen LogP contribution in [0.3, 0.4) is 0 Å². The minimum absolute atomic E-state index is 0.0121. The Morgan fingerprint density at radius 2 is 1.08 bits per heavy atom. The summed E-state index contributed by atoms with van der Waals surface area (Å²) < 4.78 is 0. The summed E-state index contributed by atoms with van der Waals surface area (Å²) in [5.74, 6) is 0. The van der Waals surface area contributed by atoms with E-state index < -0.39 is 8.07 Å². The van der Waals surface area contributed by atoms with Crippen molar-refractivity contribution in [2.45, 2.75) is 42.9 Å². The first kappa shape index (κ1) is 38.1. The van der Waals surface area contributed by atoms with E-state index in [2.05, 4.69) is 239 Å². The van der Waals surface area contributed by atoms with Gasteiger partial charge in [-0.15, -0.1) is 0 Å². The second kappa shape index (κ2) is 14.5. The summed E-state index contributed by atoms with van der Waals surface area (Å²) in [6.07, 6.45) is 0. The minimum atomic E-state index is -2.79. The maximum absolute atomic E-state index is 2.79. The molecule has 0 bridgehead atoms. The lowest BCUT2D eigenvalue weighted by molar-refractivity contribution is 0.590. The molecule has 0 saturated carbocycles. The van der Waals surface area contributed by atoms with Gasteiger partial charge in [0.25, 0.3) is 0 Å². The zero-order valence-corrected chi connectivity index (χ0v) is 37.9. The number of aryl methyl sites for hydroxylation is 1. The average Bonchev–Trinajstić information content (AvgIpc) is 3.61. The Labute approximate surface area is 377 Å². The summed E-state index contributed by atoms with van der Waals surface area (Å²) in [6, 6.07) is 78.7. The molecule has 0 N–H and O–H groups in total. The summed E-state index contributed by atoms with van der Waals surface area (Å²) in [7, 11) is -2.79. The van der Waals surface area contributed by atoms with Gasteiger partial charge in [-0.1, -0.05) is 208 Å². The Kier molecular flexibility index (Phi) is 8.77. The molecule has 0 saturated heterocycles. The number of benzene rings is 9. The Bertz CT molecular complexity index is 3210. The van der Waals surface area contributed by atoms with Gasteiger partial charge in [0, 0.05) is 26.7 Å². The van der Waals surface area contributed by atoms with Gasteiger partial charge in [-0.25, -0.2) is 0 Å². The second-order valence-electron chi connectivity index (χ2n) is 18.5. The molecule has 0 radical (unpaired) electrons. The van der Waals surface area contributed by atoms with Crippen LogP contribution in [0.1, 0.15) is 31.9 Å². The highest BCUT2D eigenvalue weighted by molar-refractivity contribution is 8.00. The molecule has 0 spiro atoms. The number of rotatable bonds is 5. The standard InChI is InChI=1S/C59H46BNSSi/c1-39-33-53-58-55(34-39)62-54-35-42(40-19-9-5-10-20-40)29-31-49(54)60(58)50-38-57-48(37-52(50)61(53)51-32-30-43(59(2,3)4)36-47(51)41-21-11-6-12-22-41)46-27-17-18-28-56(46)63(57,44-23-13-7-14-24-44)45-25-15-8-16-26-45/h5-38H,1-4H3. The first-order chi connectivity index (χ1) is 30.8. The van der Waals surface area contributed by atoms with Gasteiger partial charge >= 0.3 is 0 Å². The molecule has 300 valence electrons. The fourth-order valence-corrected chi connectivity index (χ4v) is 17.4. The zero-order valence-electron chi connectivity index (χ0n) is 36.1. The van der Waals surface area contributed by atoms with Gasteiger partial charge in [-0.2, -0.15) is 0 Å². The first-order valence-corrected chi connectivity index (χ1v) is 25.0. The van der Waals surface area contributed by atoms with E-state index in [9.17, 15) is 0 Å². The summed E-state index contributed by atoms with van der Waals surface area (Å²) in [4.78, 5) is 5.32. The number of fused-ring (bicyclic) bond motifs is 7. The second-order valence-corrected chi connectivity index (χ2v) is 23.3. The number of nitrogens with zero attached hydrogens (tertiary/aromatic N) is 1. The van der Waals surface area contributed by atoms with E-state index in [1.165, 1.54) is 108 Å². The van der Waals surface area contributed by atoms with Gasteiger partial charge in [-0.3, -0.25) is 0 Å². The molecule has 0 unspecified atom stereocenters. The van der Waals surface area contributed by atoms with Crippen LogP contribution >= 0.6 is 11.8 Å². The molecule has 0 fully saturated rings. The molecule has 3 aliphatic rings. The topological polar surface area (TPSA) is 3.24 Å². The van der Waals surface area contributed by atoms with Crippen molar-refractivity contribution in [1.82, 2.24) is 0 Å². The van der Waals surface area contributed by atoms with Crippen LogP contribution in [0.15, 0.2) is 216 Å². The Hall–Kier alpha value is -6.59. The van der Waals surface area contributed by atoms with Crippen LogP contribution in [-0.4, -0.2) is 14.8 Å². The zero-order chi connectivity index (χ0) is 42.5. The summed E-state index contributed by atoms with van der Waals surface area (Å²) in [6.45, 7) is 9.29.